The van der Waals surface area contributed by atoms with Crippen LogP contribution < -0.4 is 5.32 Å². The molecule has 0 aliphatic rings. The second kappa shape index (κ2) is 7.55. The minimum Gasteiger partial charge on any atom is -0.450 e. The predicted octanol–water partition coefficient (Wildman–Crippen LogP) is 1.31. The number of aromatic nitrogens is 2. The number of nitrogens with one attached hydrogen (secondary N) is 1. The van der Waals surface area contributed by atoms with Gasteiger partial charge in [-0.1, -0.05) is 0 Å². The monoisotopic (exact) mass is 360 g/mol. The zero-order valence-corrected chi connectivity index (χ0v) is 14.3. The van der Waals surface area contributed by atoms with E-state index in [0.717, 1.165) is 0 Å². The number of carbonyl (C=O) groups is 3. The Bertz CT molecular complexity index is 885. The summed E-state index contributed by atoms with van der Waals surface area (Å²) in [6.45, 7) is 2.57. The molecular formula is C16H16N4O6. The van der Waals surface area contributed by atoms with Crippen molar-refractivity contribution in [2.45, 2.75) is 13.8 Å². The molecule has 0 unspecified atom stereocenters. The molecule has 1 aromatic carbocycles. The first-order chi connectivity index (χ1) is 12.2. The van der Waals surface area contributed by atoms with Crippen molar-refractivity contribution in [3.05, 3.63) is 51.3 Å². The van der Waals surface area contributed by atoms with Crippen molar-refractivity contribution in [3.8, 4) is 0 Å². The number of hydrogen-bond acceptors (Lipinski definition) is 7. The summed E-state index contributed by atoms with van der Waals surface area (Å²) in [5.74, 6) is -2.72. The molecule has 0 saturated carbocycles. The molecule has 1 aromatic heterocycles. The first kappa shape index (κ1) is 18.8. The van der Waals surface area contributed by atoms with E-state index < -0.39 is 29.2 Å². The lowest BCUT2D eigenvalue weighted by Crippen LogP contribution is -2.25. The molecule has 1 heterocycles. The minimum absolute atomic E-state index is 0.123. The summed E-state index contributed by atoms with van der Waals surface area (Å²) >= 11 is 0. The summed E-state index contributed by atoms with van der Waals surface area (Å²) < 4.78 is 6.20. The lowest BCUT2D eigenvalue weighted by molar-refractivity contribution is -0.384. The van der Waals surface area contributed by atoms with Gasteiger partial charge in [0.15, 0.2) is 6.61 Å². The zero-order chi connectivity index (χ0) is 19.4. The highest BCUT2D eigenvalue weighted by Crippen LogP contribution is 2.16. The summed E-state index contributed by atoms with van der Waals surface area (Å²) in [6, 6.07) is 5.12. The second-order valence-electron chi connectivity index (χ2n) is 5.43. The van der Waals surface area contributed by atoms with Crippen LogP contribution in [0.5, 0.6) is 0 Å². The van der Waals surface area contributed by atoms with Crippen molar-refractivity contribution in [2.75, 3.05) is 11.9 Å². The smallest absolute Gasteiger partial charge is 0.380 e. The van der Waals surface area contributed by atoms with E-state index in [1.807, 2.05) is 0 Å². The first-order valence-electron chi connectivity index (χ1n) is 7.46. The van der Waals surface area contributed by atoms with Crippen LogP contribution in [0, 0.1) is 24.0 Å². The van der Waals surface area contributed by atoms with Gasteiger partial charge < -0.3 is 10.1 Å². The van der Waals surface area contributed by atoms with Crippen LogP contribution >= 0.6 is 0 Å². The van der Waals surface area contributed by atoms with Crippen LogP contribution in [0.1, 0.15) is 21.7 Å². The maximum atomic E-state index is 12.1. The highest BCUT2D eigenvalue weighted by atomic mass is 16.6. The maximum Gasteiger partial charge on any atom is 0.380 e. The van der Waals surface area contributed by atoms with Crippen LogP contribution in [0.25, 0.3) is 0 Å². The van der Waals surface area contributed by atoms with E-state index in [1.165, 1.54) is 28.9 Å². The number of nitrogens with zero attached hydrogens (tertiary/aromatic N) is 3. The molecule has 0 fully saturated rings. The third-order valence-corrected chi connectivity index (χ3v) is 3.62. The Hall–Kier alpha value is -3.56. The molecule has 0 bridgehead atoms. The third kappa shape index (κ3) is 4.09. The lowest BCUT2D eigenvalue weighted by Gasteiger charge is -2.06. The number of ether oxygens (including phenoxy) is 1. The number of non-ortho nitro benzene ring substituents is 1. The fourth-order valence-electron chi connectivity index (χ4n) is 2.26. The van der Waals surface area contributed by atoms with Crippen LogP contribution in [0.2, 0.25) is 0 Å². The Balaban J connectivity index is 1.93. The molecule has 26 heavy (non-hydrogen) atoms. The van der Waals surface area contributed by atoms with E-state index in [4.69, 9.17) is 4.74 Å². The van der Waals surface area contributed by atoms with E-state index >= 15 is 0 Å². The van der Waals surface area contributed by atoms with E-state index in [9.17, 15) is 24.5 Å². The van der Waals surface area contributed by atoms with E-state index in [0.29, 0.717) is 17.1 Å². The van der Waals surface area contributed by atoms with Crippen LogP contribution in [0.3, 0.4) is 0 Å². The number of esters is 1. The number of nitro groups is 1. The summed E-state index contributed by atoms with van der Waals surface area (Å²) in [7, 11) is 1.64. The number of benzene rings is 1. The molecule has 0 spiro atoms. The highest BCUT2D eigenvalue weighted by Gasteiger charge is 2.25. The summed E-state index contributed by atoms with van der Waals surface area (Å²) in [5.41, 5.74) is 1.22. The molecule has 1 N–H and O–H groups in total. The van der Waals surface area contributed by atoms with Crippen molar-refractivity contribution < 1.29 is 24.0 Å². The van der Waals surface area contributed by atoms with Gasteiger partial charge in [0.05, 0.1) is 16.2 Å². The molecule has 0 saturated heterocycles. The number of anilines is 1. The summed E-state index contributed by atoms with van der Waals surface area (Å²) in [4.78, 5) is 45.8. The predicted molar refractivity (Wildman–Crippen MR) is 89.7 cm³/mol. The molecule has 0 radical (unpaired) electrons. The number of nitro benzene ring substituents is 1. The quantitative estimate of drug-likeness (QED) is 0.270. The topological polar surface area (TPSA) is 133 Å². The summed E-state index contributed by atoms with van der Waals surface area (Å²) in [5, 5.41) is 17.0. The average molecular weight is 360 g/mol. The average Bonchev–Trinajstić information content (AvgIpc) is 2.84. The van der Waals surface area contributed by atoms with Crippen molar-refractivity contribution in [1.29, 1.82) is 0 Å². The van der Waals surface area contributed by atoms with Gasteiger partial charge in [-0.3, -0.25) is 24.4 Å². The lowest BCUT2D eigenvalue weighted by atomic mass is 10.1. The largest absolute Gasteiger partial charge is 0.450 e. The Morgan fingerprint density at radius 2 is 1.85 bits per heavy atom. The molecule has 2 rings (SSSR count). The Morgan fingerprint density at radius 1 is 1.23 bits per heavy atom. The first-order valence-corrected chi connectivity index (χ1v) is 7.46. The minimum atomic E-state index is -1.16. The molecule has 0 aliphatic heterocycles. The van der Waals surface area contributed by atoms with Crippen LogP contribution in [-0.4, -0.2) is 39.0 Å². The van der Waals surface area contributed by atoms with E-state index in [2.05, 4.69) is 10.4 Å². The van der Waals surface area contributed by atoms with Crippen molar-refractivity contribution in [1.82, 2.24) is 9.78 Å². The fraction of sp³-hybridized carbons (Fsp3) is 0.250. The van der Waals surface area contributed by atoms with E-state index in [1.54, 1.807) is 20.9 Å². The number of amides is 1. The van der Waals surface area contributed by atoms with Gasteiger partial charge in [-0.05, 0) is 26.0 Å². The molecule has 10 nitrogen and oxygen atoms in total. The molecule has 1 amide bonds. The van der Waals surface area contributed by atoms with E-state index in [-0.39, 0.29) is 11.3 Å². The Morgan fingerprint density at radius 3 is 2.35 bits per heavy atom. The number of carbonyl (C=O) groups excluding carboxylic acids is 3. The van der Waals surface area contributed by atoms with Crippen molar-refractivity contribution in [2.24, 2.45) is 7.05 Å². The molecular weight excluding hydrogens is 344 g/mol. The van der Waals surface area contributed by atoms with Crippen LogP contribution in [-0.2, 0) is 21.4 Å². The van der Waals surface area contributed by atoms with Crippen molar-refractivity contribution in [3.63, 3.8) is 0 Å². The van der Waals surface area contributed by atoms with Gasteiger partial charge >= 0.3 is 5.97 Å². The maximum absolute atomic E-state index is 12.1. The van der Waals surface area contributed by atoms with Crippen LogP contribution in [0.4, 0.5) is 11.4 Å². The van der Waals surface area contributed by atoms with Crippen LogP contribution in [0.15, 0.2) is 24.3 Å². The number of hydrogen-bond donors (Lipinski definition) is 1. The normalized spacial score (nSPS) is 10.3. The van der Waals surface area contributed by atoms with Gasteiger partial charge in [-0.25, -0.2) is 4.79 Å². The standard InChI is InChI=1S/C16H16N4O6/c1-9-14(10(2)19(3)18-9)15(22)16(23)26-8-13(21)17-11-4-6-12(7-5-11)20(24)25/h4-7H,8H2,1-3H3,(H,17,21). The molecule has 0 atom stereocenters. The zero-order valence-electron chi connectivity index (χ0n) is 14.3. The number of ketones is 1. The molecule has 10 heteroatoms. The van der Waals surface area contributed by atoms with Gasteiger partial charge in [0.25, 0.3) is 17.4 Å². The molecule has 136 valence electrons. The van der Waals surface area contributed by atoms with Gasteiger partial charge in [0.1, 0.15) is 0 Å². The SMILES string of the molecule is Cc1nn(C)c(C)c1C(=O)C(=O)OCC(=O)Nc1ccc([N+](=O)[O-])cc1. The highest BCUT2D eigenvalue weighted by molar-refractivity contribution is 6.41. The third-order valence-electron chi connectivity index (χ3n) is 3.62. The summed E-state index contributed by atoms with van der Waals surface area (Å²) in [6.07, 6.45) is 0. The molecule has 2 aromatic rings. The number of rotatable bonds is 6. The fourth-order valence-corrected chi connectivity index (χ4v) is 2.26. The molecule has 0 aliphatic carbocycles. The van der Waals surface area contributed by atoms with Gasteiger partial charge in [0, 0.05) is 30.6 Å². The number of aryl methyl sites for hydroxylation is 2. The van der Waals surface area contributed by atoms with Gasteiger partial charge in [0.2, 0.25) is 0 Å². The Kier molecular flexibility index (Phi) is 5.45. The van der Waals surface area contributed by atoms with Gasteiger partial charge in [-0.2, -0.15) is 5.10 Å². The van der Waals surface area contributed by atoms with Gasteiger partial charge in [-0.15, -0.1) is 0 Å². The second-order valence-corrected chi connectivity index (χ2v) is 5.43. The Labute approximate surface area is 147 Å². The van der Waals surface area contributed by atoms with Crippen molar-refractivity contribution >= 4 is 29.0 Å². The number of Topliss-reactive ketones (excluding diaryl/α,β-unsaturated/α-hetero) is 1.